The van der Waals surface area contributed by atoms with E-state index < -0.39 is 0 Å². The molecule has 0 unspecified atom stereocenters. The van der Waals surface area contributed by atoms with Crippen molar-refractivity contribution in [2.24, 2.45) is 0 Å². The molecule has 0 atom stereocenters. The van der Waals surface area contributed by atoms with Crippen molar-refractivity contribution in [1.29, 1.82) is 5.26 Å². The van der Waals surface area contributed by atoms with E-state index in [1.165, 1.54) is 0 Å². The predicted molar refractivity (Wildman–Crippen MR) is 109 cm³/mol. The Balaban J connectivity index is 1.58. The van der Waals surface area contributed by atoms with Gasteiger partial charge in [0.15, 0.2) is 0 Å². The van der Waals surface area contributed by atoms with Gasteiger partial charge in [-0.25, -0.2) is 0 Å². The number of rotatable bonds is 5. The van der Waals surface area contributed by atoms with Gasteiger partial charge in [-0.2, -0.15) is 5.26 Å². The average molecular weight is 435 g/mol. The van der Waals surface area contributed by atoms with Gasteiger partial charge in [0.1, 0.15) is 35.5 Å². The molecule has 6 heteroatoms. The first kappa shape index (κ1) is 18.1. The molecule has 2 aromatic heterocycles. The van der Waals surface area contributed by atoms with E-state index in [1.54, 1.807) is 13.3 Å². The summed E-state index contributed by atoms with van der Waals surface area (Å²) < 4.78 is 17.6. The van der Waals surface area contributed by atoms with Crippen LogP contribution >= 0.6 is 15.9 Å². The minimum Gasteiger partial charge on any atom is -0.495 e. The van der Waals surface area contributed by atoms with Crippen molar-refractivity contribution in [3.05, 3.63) is 76.5 Å². The summed E-state index contributed by atoms with van der Waals surface area (Å²) in [5.41, 5.74) is 2.83. The molecule has 0 aliphatic heterocycles. The van der Waals surface area contributed by atoms with Crippen molar-refractivity contribution < 1.29 is 13.9 Å². The standard InChI is InChI=1S/C22H15BrN2O3/c1-26-17-6-5-15(25-12-17)13-27-16-7-8-21-14(9-16)10-22(28-21)18-3-2-4-20(23)19(18)11-24/h2-10,12H,13H2,1H3. The maximum atomic E-state index is 9.44. The highest BCUT2D eigenvalue weighted by Crippen LogP contribution is 2.34. The zero-order valence-corrected chi connectivity index (χ0v) is 16.6. The highest BCUT2D eigenvalue weighted by molar-refractivity contribution is 9.10. The summed E-state index contributed by atoms with van der Waals surface area (Å²) >= 11 is 3.41. The smallest absolute Gasteiger partial charge is 0.137 e. The molecule has 2 heterocycles. The van der Waals surface area contributed by atoms with Crippen LogP contribution in [0, 0.1) is 11.3 Å². The maximum Gasteiger partial charge on any atom is 0.137 e. The lowest BCUT2D eigenvalue weighted by atomic mass is 10.1. The number of pyridine rings is 1. The third-order valence-corrected chi connectivity index (χ3v) is 4.96. The van der Waals surface area contributed by atoms with Gasteiger partial charge in [0.25, 0.3) is 0 Å². The zero-order valence-electron chi connectivity index (χ0n) is 15.0. The van der Waals surface area contributed by atoms with Gasteiger partial charge in [-0.05, 0) is 64.5 Å². The van der Waals surface area contributed by atoms with Crippen LogP contribution in [0.4, 0.5) is 0 Å². The Hall–Kier alpha value is -3.30. The predicted octanol–water partition coefficient (Wildman–Crippen LogP) is 5.72. The minimum absolute atomic E-state index is 0.352. The summed E-state index contributed by atoms with van der Waals surface area (Å²) in [5.74, 6) is 2.06. The molecule has 0 N–H and O–H groups in total. The van der Waals surface area contributed by atoms with Crippen LogP contribution in [0.5, 0.6) is 11.5 Å². The fourth-order valence-electron chi connectivity index (χ4n) is 2.86. The van der Waals surface area contributed by atoms with E-state index >= 15 is 0 Å². The molecule has 5 nitrogen and oxygen atoms in total. The second kappa shape index (κ2) is 7.75. The number of aromatic nitrogens is 1. The summed E-state index contributed by atoms with van der Waals surface area (Å²) in [7, 11) is 1.61. The summed E-state index contributed by atoms with van der Waals surface area (Å²) in [6.07, 6.45) is 1.66. The average Bonchev–Trinajstić information content (AvgIpc) is 3.15. The summed E-state index contributed by atoms with van der Waals surface area (Å²) in [6, 6.07) is 19.1. The highest BCUT2D eigenvalue weighted by Gasteiger charge is 2.13. The van der Waals surface area contributed by atoms with E-state index in [1.807, 2.05) is 54.6 Å². The Bertz CT molecular complexity index is 1180. The molecule has 0 radical (unpaired) electrons. The first-order valence-corrected chi connectivity index (χ1v) is 9.31. The summed E-state index contributed by atoms with van der Waals surface area (Å²) in [6.45, 7) is 0.352. The van der Waals surface area contributed by atoms with E-state index in [0.717, 1.165) is 26.7 Å². The van der Waals surface area contributed by atoms with Gasteiger partial charge < -0.3 is 13.9 Å². The van der Waals surface area contributed by atoms with Crippen LogP contribution in [0.25, 0.3) is 22.3 Å². The topological polar surface area (TPSA) is 68.3 Å². The number of halogens is 1. The Labute approximate surface area is 170 Å². The van der Waals surface area contributed by atoms with Gasteiger partial charge in [0.2, 0.25) is 0 Å². The highest BCUT2D eigenvalue weighted by atomic mass is 79.9. The molecule has 138 valence electrons. The number of hydrogen-bond acceptors (Lipinski definition) is 5. The molecule has 0 aliphatic rings. The SMILES string of the molecule is COc1ccc(COc2ccc3oc(-c4cccc(Br)c4C#N)cc3c2)nc1. The van der Waals surface area contributed by atoms with Gasteiger partial charge in [0, 0.05) is 15.4 Å². The molecule has 0 saturated carbocycles. The normalized spacial score (nSPS) is 10.6. The molecule has 28 heavy (non-hydrogen) atoms. The molecule has 2 aromatic carbocycles. The molecule has 0 aliphatic carbocycles. The molecule has 0 fully saturated rings. The fraction of sp³-hybridized carbons (Fsp3) is 0.0909. The van der Waals surface area contributed by atoms with E-state index in [2.05, 4.69) is 27.0 Å². The molecule has 0 amide bonds. The van der Waals surface area contributed by atoms with Crippen molar-refractivity contribution in [3.8, 4) is 28.9 Å². The van der Waals surface area contributed by atoms with Crippen LogP contribution in [0.3, 0.4) is 0 Å². The van der Waals surface area contributed by atoms with Gasteiger partial charge in [-0.1, -0.05) is 6.07 Å². The van der Waals surface area contributed by atoms with Gasteiger partial charge in [0.05, 0.1) is 24.6 Å². The van der Waals surface area contributed by atoms with Crippen LogP contribution < -0.4 is 9.47 Å². The zero-order chi connectivity index (χ0) is 19.5. The Kier molecular flexibility index (Phi) is 5.00. The number of ether oxygens (including phenoxy) is 2. The van der Waals surface area contributed by atoms with Crippen LogP contribution in [0.1, 0.15) is 11.3 Å². The lowest BCUT2D eigenvalue weighted by Crippen LogP contribution is -1.98. The summed E-state index contributed by atoms with van der Waals surface area (Å²) in [4.78, 5) is 4.29. The minimum atomic E-state index is 0.352. The van der Waals surface area contributed by atoms with E-state index in [0.29, 0.717) is 29.4 Å². The molecule has 0 saturated heterocycles. The number of benzene rings is 2. The van der Waals surface area contributed by atoms with Crippen LogP contribution in [0.15, 0.2) is 69.7 Å². The number of hydrogen-bond donors (Lipinski definition) is 0. The molecule has 4 aromatic rings. The van der Waals surface area contributed by atoms with Crippen molar-refractivity contribution in [2.45, 2.75) is 6.61 Å². The Morgan fingerprint density at radius 1 is 1.11 bits per heavy atom. The van der Waals surface area contributed by atoms with E-state index in [4.69, 9.17) is 13.9 Å². The van der Waals surface area contributed by atoms with Gasteiger partial charge in [-0.15, -0.1) is 0 Å². The maximum absolute atomic E-state index is 9.44. The van der Waals surface area contributed by atoms with Crippen molar-refractivity contribution in [1.82, 2.24) is 4.98 Å². The molecular formula is C22H15BrN2O3. The lowest BCUT2D eigenvalue weighted by Gasteiger charge is -2.06. The third-order valence-electron chi connectivity index (χ3n) is 4.30. The number of furan rings is 1. The first-order valence-electron chi connectivity index (χ1n) is 8.52. The van der Waals surface area contributed by atoms with Gasteiger partial charge >= 0.3 is 0 Å². The molecule has 0 bridgehead atoms. The van der Waals surface area contributed by atoms with Crippen molar-refractivity contribution >= 4 is 26.9 Å². The number of nitrogens with zero attached hydrogens (tertiary/aromatic N) is 2. The van der Waals surface area contributed by atoms with Crippen LogP contribution in [0.2, 0.25) is 0 Å². The van der Waals surface area contributed by atoms with Crippen molar-refractivity contribution in [2.75, 3.05) is 7.11 Å². The quantitative estimate of drug-likeness (QED) is 0.401. The Morgan fingerprint density at radius 3 is 2.71 bits per heavy atom. The number of nitriles is 1. The molecule has 0 spiro atoms. The monoisotopic (exact) mass is 434 g/mol. The molecular weight excluding hydrogens is 420 g/mol. The molecule has 4 rings (SSSR count). The van der Waals surface area contributed by atoms with Crippen LogP contribution in [-0.2, 0) is 6.61 Å². The van der Waals surface area contributed by atoms with Gasteiger partial charge in [-0.3, -0.25) is 4.98 Å². The third kappa shape index (κ3) is 3.57. The largest absolute Gasteiger partial charge is 0.495 e. The van der Waals surface area contributed by atoms with E-state index in [-0.39, 0.29) is 0 Å². The number of fused-ring (bicyclic) bond motifs is 1. The van der Waals surface area contributed by atoms with Crippen molar-refractivity contribution in [3.63, 3.8) is 0 Å². The van der Waals surface area contributed by atoms with E-state index in [9.17, 15) is 5.26 Å². The summed E-state index contributed by atoms with van der Waals surface area (Å²) in [5, 5.41) is 10.3. The first-order chi connectivity index (χ1) is 13.7. The number of methoxy groups -OCH3 is 1. The second-order valence-electron chi connectivity index (χ2n) is 6.06. The second-order valence-corrected chi connectivity index (χ2v) is 6.92. The van der Waals surface area contributed by atoms with Crippen LogP contribution in [-0.4, -0.2) is 12.1 Å². The Morgan fingerprint density at radius 2 is 1.96 bits per heavy atom. The lowest BCUT2D eigenvalue weighted by molar-refractivity contribution is 0.301. The fourth-order valence-corrected chi connectivity index (χ4v) is 3.32.